The number of rotatable bonds is 6. The number of aryl methyl sites for hydroxylation is 2. The zero-order chi connectivity index (χ0) is 25.1. The average Bonchev–Trinajstić information content (AvgIpc) is 3.22. The van der Waals surface area contributed by atoms with Gasteiger partial charge < -0.3 is 19.1 Å². The molecule has 184 valence electrons. The molecule has 35 heavy (non-hydrogen) atoms. The Labute approximate surface area is 202 Å². The summed E-state index contributed by atoms with van der Waals surface area (Å²) < 4.78 is 17.2. The Balaban J connectivity index is 1.47. The summed E-state index contributed by atoms with van der Waals surface area (Å²) in [4.78, 5) is 52.1. The highest BCUT2D eigenvalue weighted by Crippen LogP contribution is 2.28. The number of hydrogen-bond donors (Lipinski definition) is 1. The molecule has 2 aliphatic rings. The monoisotopic (exact) mass is 481 g/mol. The maximum Gasteiger partial charge on any atom is 0.338 e. The number of urea groups is 2. The van der Waals surface area contributed by atoms with Crippen molar-refractivity contribution < 1.29 is 33.4 Å². The quantitative estimate of drug-likeness (QED) is 0.631. The molecule has 2 heterocycles. The van der Waals surface area contributed by atoms with Gasteiger partial charge in [0.15, 0.2) is 0 Å². The Morgan fingerprint density at radius 1 is 0.943 bits per heavy atom. The minimum Gasteiger partial charge on any atom is -0.459 e. The van der Waals surface area contributed by atoms with Crippen molar-refractivity contribution >= 4 is 24.0 Å². The number of carbonyl (C=O) groups excluding carboxylic acids is 4. The summed E-state index contributed by atoms with van der Waals surface area (Å²) in [5, 5.41) is 2.23. The molecule has 0 aliphatic carbocycles. The lowest BCUT2D eigenvalue weighted by atomic mass is 10.1. The van der Waals surface area contributed by atoms with E-state index in [2.05, 4.69) is 5.32 Å². The lowest BCUT2D eigenvalue weighted by Gasteiger charge is -2.36. The van der Waals surface area contributed by atoms with Crippen LogP contribution in [0, 0.1) is 13.8 Å². The highest BCUT2D eigenvalue weighted by molar-refractivity contribution is 5.95. The molecule has 0 saturated carbocycles. The Hall–Kier alpha value is -3.92. The number of esters is 2. The van der Waals surface area contributed by atoms with Crippen LogP contribution in [0.1, 0.15) is 38.3 Å². The van der Waals surface area contributed by atoms with Gasteiger partial charge in [-0.3, -0.25) is 10.2 Å². The van der Waals surface area contributed by atoms with Gasteiger partial charge in [-0.15, -0.1) is 0 Å². The Bertz CT molecular complexity index is 1120. The van der Waals surface area contributed by atoms with Crippen LogP contribution in [0.25, 0.3) is 0 Å². The third kappa shape index (κ3) is 5.60. The summed E-state index contributed by atoms with van der Waals surface area (Å²) in [6.07, 6.45) is -2.22. The summed E-state index contributed by atoms with van der Waals surface area (Å²) >= 11 is 0. The zero-order valence-corrected chi connectivity index (χ0v) is 19.7. The van der Waals surface area contributed by atoms with Crippen molar-refractivity contribution in [3.8, 4) is 0 Å². The second kappa shape index (κ2) is 10.1. The van der Waals surface area contributed by atoms with Crippen LogP contribution in [0.2, 0.25) is 0 Å². The van der Waals surface area contributed by atoms with Gasteiger partial charge in [0.2, 0.25) is 0 Å². The molecule has 1 N–H and O–H groups in total. The van der Waals surface area contributed by atoms with Crippen LogP contribution in [-0.2, 0) is 14.2 Å². The van der Waals surface area contributed by atoms with Gasteiger partial charge >= 0.3 is 24.0 Å². The molecule has 10 nitrogen and oxygen atoms in total. The van der Waals surface area contributed by atoms with Crippen molar-refractivity contribution in [1.82, 2.24) is 15.1 Å². The van der Waals surface area contributed by atoms with Gasteiger partial charge in [0.1, 0.15) is 31.7 Å². The molecule has 2 fully saturated rings. The highest BCUT2D eigenvalue weighted by atomic mass is 16.6. The van der Waals surface area contributed by atoms with Gasteiger partial charge in [0.05, 0.1) is 11.1 Å². The number of nitrogens with one attached hydrogen (secondary N) is 1. The summed E-state index contributed by atoms with van der Waals surface area (Å²) in [6.45, 7) is 3.65. The molecule has 2 saturated heterocycles. The number of imide groups is 1. The van der Waals surface area contributed by atoms with Crippen LogP contribution in [0.4, 0.5) is 9.59 Å². The molecule has 3 atom stereocenters. The van der Waals surface area contributed by atoms with Gasteiger partial charge in [-0.05, 0) is 38.1 Å². The standard InChI is InChI=1S/C25H27N3O7/c1-15-4-8-17(9-5-15)22(29)33-13-20-19(35-23(30)18-10-6-16(2)7-11-18)12-21(34-20)28-14-27(3)24(31)26-25(28)32/h4-11,19-21H,12-14H2,1-3H3,(H,26,31,32)/t19-,20-,21-/m0/s1. The number of carbonyl (C=O) groups is 4. The second-order valence-electron chi connectivity index (χ2n) is 8.68. The first-order valence-electron chi connectivity index (χ1n) is 11.2. The molecule has 10 heteroatoms. The van der Waals surface area contributed by atoms with Crippen molar-refractivity contribution in [2.24, 2.45) is 0 Å². The molecule has 0 bridgehead atoms. The summed E-state index contributed by atoms with van der Waals surface area (Å²) in [6, 6.07) is 12.7. The van der Waals surface area contributed by atoms with Gasteiger partial charge in [0, 0.05) is 13.5 Å². The molecule has 0 radical (unpaired) electrons. The molecule has 2 aromatic carbocycles. The molecule has 4 rings (SSSR count). The van der Waals surface area contributed by atoms with Gasteiger partial charge in [-0.2, -0.15) is 0 Å². The number of amides is 4. The van der Waals surface area contributed by atoms with E-state index in [1.165, 1.54) is 9.80 Å². The first-order valence-corrected chi connectivity index (χ1v) is 11.2. The van der Waals surface area contributed by atoms with E-state index in [1.807, 2.05) is 13.8 Å². The second-order valence-corrected chi connectivity index (χ2v) is 8.68. The van der Waals surface area contributed by atoms with E-state index in [9.17, 15) is 19.2 Å². The predicted molar refractivity (Wildman–Crippen MR) is 124 cm³/mol. The average molecular weight is 482 g/mol. The highest BCUT2D eigenvalue weighted by Gasteiger charge is 2.45. The molecule has 2 aromatic rings. The van der Waals surface area contributed by atoms with Gasteiger partial charge in [0.25, 0.3) is 0 Å². The molecular weight excluding hydrogens is 454 g/mol. The van der Waals surface area contributed by atoms with Gasteiger partial charge in [-0.1, -0.05) is 35.4 Å². The maximum atomic E-state index is 12.8. The fraction of sp³-hybridized carbons (Fsp3) is 0.360. The fourth-order valence-corrected chi connectivity index (χ4v) is 3.83. The first-order chi connectivity index (χ1) is 16.7. The maximum absolute atomic E-state index is 12.8. The molecule has 0 unspecified atom stereocenters. The van der Waals surface area contributed by atoms with Crippen molar-refractivity contribution in [2.75, 3.05) is 20.3 Å². The number of nitrogens with zero attached hydrogens (tertiary/aromatic N) is 2. The van der Waals surface area contributed by atoms with E-state index in [0.29, 0.717) is 11.1 Å². The van der Waals surface area contributed by atoms with Crippen LogP contribution in [0.5, 0.6) is 0 Å². The van der Waals surface area contributed by atoms with E-state index < -0.39 is 42.4 Å². The molecule has 4 amide bonds. The molecule has 2 aliphatic heterocycles. The third-order valence-electron chi connectivity index (χ3n) is 5.93. The molecule has 0 spiro atoms. The van der Waals surface area contributed by atoms with Crippen molar-refractivity contribution in [2.45, 2.75) is 38.7 Å². The Kier molecular flexibility index (Phi) is 7.02. The SMILES string of the molecule is Cc1ccc(C(=O)OC[C@@H]2O[C@H](N3CN(C)C(=O)NC3=O)C[C@@H]2OC(=O)c2ccc(C)cc2)cc1. The van der Waals surface area contributed by atoms with Gasteiger partial charge in [-0.25, -0.2) is 19.2 Å². The third-order valence-corrected chi connectivity index (χ3v) is 5.93. The first kappa shape index (κ1) is 24.2. The number of benzene rings is 2. The van der Waals surface area contributed by atoms with Crippen LogP contribution in [-0.4, -0.2) is 72.6 Å². The van der Waals surface area contributed by atoms with Crippen LogP contribution < -0.4 is 5.32 Å². The summed E-state index contributed by atoms with van der Waals surface area (Å²) in [7, 11) is 1.54. The molecular formula is C25H27N3O7. The van der Waals surface area contributed by atoms with Crippen molar-refractivity contribution in [1.29, 1.82) is 0 Å². The molecule has 0 aromatic heterocycles. The summed E-state index contributed by atoms with van der Waals surface area (Å²) in [5.41, 5.74) is 2.76. The Morgan fingerprint density at radius 3 is 2.11 bits per heavy atom. The fourth-order valence-electron chi connectivity index (χ4n) is 3.83. The lowest BCUT2D eigenvalue weighted by molar-refractivity contribution is -0.0793. The van der Waals surface area contributed by atoms with E-state index in [0.717, 1.165) is 11.1 Å². The largest absolute Gasteiger partial charge is 0.459 e. The smallest absolute Gasteiger partial charge is 0.338 e. The van der Waals surface area contributed by atoms with E-state index >= 15 is 0 Å². The van der Waals surface area contributed by atoms with Crippen LogP contribution >= 0.6 is 0 Å². The van der Waals surface area contributed by atoms with E-state index in [4.69, 9.17) is 14.2 Å². The Morgan fingerprint density at radius 2 is 1.51 bits per heavy atom. The van der Waals surface area contributed by atoms with E-state index in [-0.39, 0.29) is 19.7 Å². The van der Waals surface area contributed by atoms with E-state index in [1.54, 1.807) is 55.6 Å². The number of hydrogen-bond acceptors (Lipinski definition) is 7. The minimum absolute atomic E-state index is 0.00381. The lowest BCUT2D eigenvalue weighted by Crippen LogP contribution is -2.60. The van der Waals surface area contributed by atoms with Crippen molar-refractivity contribution in [3.63, 3.8) is 0 Å². The van der Waals surface area contributed by atoms with Crippen LogP contribution in [0.3, 0.4) is 0 Å². The summed E-state index contributed by atoms with van der Waals surface area (Å²) in [5.74, 6) is -1.09. The zero-order valence-electron chi connectivity index (χ0n) is 19.7. The predicted octanol–water partition coefficient (Wildman–Crippen LogP) is 2.84. The van der Waals surface area contributed by atoms with Crippen molar-refractivity contribution in [3.05, 3.63) is 70.8 Å². The topological polar surface area (TPSA) is 114 Å². The van der Waals surface area contributed by atoms with Crippen LogP contribution in [0.15, 0.2) is 48.5 Å². The number of ether oxygens (including phenoxy) is 3. The normalized spacial score (nSPS) is 22.1. The minimum atomic E-state index is -0.806.